The molecule has 0 radical (unpaired) electrons. The third-order valence-electron chi connectivity index (χ3n) is 4.31. The smallest absolute Gasteiger partial charge is 0.249 e. The minimum absolute atomic E-state index is 0.130. The minimum atomic E-state index is -0.513. The number of amides is 1. The van der Waals surface area contributed by atoms with Gasteiger partial charge in [0.2, 0.25) is 5.91 Å². The molecule has 1 amide bonds. The summed E-state index contributed by atoms with van der Waals surface area (Å²) in [4.78, 5) is 13.0. The number of nitrogens with one attached hydrogen (secondary N) is 1. The summed E-state index contributed by atoms with van der Waals surface area (Å²) in [7, 11) is 0. The Kier molecular flexibility index (Phi) is 5.74. The van der Waals surface area contributed by atoms with Gasteiger partial charge in [0, 0.05) is 23.6 Å². The molecule has 2 aromatic carbocycles. The summed E-state index contributed by atoms with van der Waals surface area (Å²) in [6.07, 6.45) is 2.00. The first-order valence-corrected chi connectivity index (χ1v) is 10.8. The molecule has 1 atom stereocenters. The molecule has 0 aliphatic carbocycles. The maximum atomic E-state index is 13.0. The highest BCUT2D eigenvalue weighted by Crippen LogP contribution is 2.45. The molecule has 138 valence electrons. The predicted molar refractivity (Wildman–Crippen MR) is 110 cm³/mol. The molecule has 0 spiro atoms. The normalized spacial score (nSPS) is 15.6. The number of benzene rings is 2. The quantitative estimate of drug-likeness (QED) is 0.685. The van der Waals surface area contributed by atoms with Crippen molar-refractivity contribution in [3.63, 3.8) is 0 Å². The van der Waals surface area contributed by atoms with Gasteiger partial charge in [-0.1, -0.05) is 42.5 Å². The van der Waals surface area contributed by atoms with Crippen LogP contribution >= 0.6 is 23.5 Å². The number of anilines is 1. The van der Waals surface area contributed by atoms with Crippen molar-refractivity contribution in [2.75, 3.05) is 16.8 Å². The fourth-order valence-electron chi connectivity index (χ4n) is 2.99. The van der Waals surface area contributed by atoms with Crippen LogP contribution in [0.2, 0.25) is 0 Å². The van der Waals surface area contributed by atoms with E-state index in [1.54, 1.807) is 0 Å². The van der Waals surface area contributed by atoms with Gasteiger partial charge in [0.1, 0.15) is 12.4 Å². The topological polar surface area (TPSA) is 72.7 Å². The number of nitrogens with zero attached hydrogens (tertiary/aromatic N) is 4. The van der Waals surface area contributed by atoms with Crippen molar-refractivity contribution < 1.29 is 4.79 Å². The Morgan fingerprint density at radius 1 is 1.15 bits per heavy atom. The second-order valence-corrected chi connectivity index (χ2v) is 8.91. The summed E-state index contributed by atoms with van der Waals surface area (Å²) in [6.45, 7) is 0. The highest BCUT2D eigenvalue weighted by molar-refractivity contribution is 8.19. The summed E-state index contributed by atoms with van der Waals surface area (Å²) >= 11 is 3.90. The van der Waals surface area contributed by atoms with Gasteiger partial charge in [-0.3, -0.25) is 4.79 Å². The molecule has 0 saturated carbocycles. The lowest BCUT2D eigenvalue weighted by Gasteiger charge is -2.17. The fraction of sp³-hybridized carbons (Fsp3) is 0.263. The third-order valence-corrected chi connectivity index (χ3v) is 7.41. The highest BCUT2D eigenvalue weighted by Gasteiger charge is 2.23. The Hall–Kier alpha value is -2.32. The fourth-order valence-corrected chi connectivity index (χ4v) is 5.83. The average molecular weight is 398 g/mol. The standard InChI is InChI=1S/C19H19N5OS2/c25-18(21-16-8-4-7-15(12-16)19-26-9-10-27-19)17(24-13-20-22-23-24)11-14-5-2-1-3-6-14/h1-8,12-13,17,19H,9-11H2,(H,21,25). The van der Waals surface area contributed by atoms with Gasteiger partial charge < -0.3 is 5.32 Å². The van der Waals surface area contributed by atoms with Crippen LogP contribution in [-0.4, -0.2) is 37.6 Å². The Morgan fingerprint density at radius 3 is 2.70 bits per heavy atom. The van der Waals surface area contributed by atoms with Crippen LogP contribution in [-0.2, 0) is 11.2 Å². The lowest BCUT2D eigenvalue weighted by atomic mass is 10.1. The number of carbonyl (C=O) groups is 1. The van der Waals surface area contributed by atoms with Crippen molar-refractivity contribution in [2.24, 2.45) is 0 Å². The zero-order valence-electron chi connectivity index (χ0n) is 14.6. The van der Waals surface area contributed by atoms with Crippen LogP contribution in [0.1, 0.15) is 21.8 Å². The lowest BCUT2D eigenvalue weighted by Crippen LogP contribution is -2.28. The van der Waals surface area contributed by atoms with Crippen LogP contribution in [0.5, 0.6) is 0 Å². The van der Waals surface area contributed by atoms with E-state index in [0.717, 1.165) is 11.3 Å². The number of hydrogen-bond donors (Lipinski definition) is 1. The maximum absolute atomic E-state index is 13.0. The number of thioether (sulfide) groups is 2. The molecule has 1 aliphatic rings. The number of rotatable bonds is 6. The molecule has 1 aromatic heterocycles. The second kappa shape index (κ2) is 8.58. The van der Waals surface area contributed by atoms with Gasteiger partial charge in [-0.25, -0.2) is 4.68 Å². The molecule has 2 heterocycles. The Labute approximate surface area is 166 Å². The SMILES string of the molecule is O=C(Nc1cccc(C2SCCS2)c1)C(Cc1ccccc1)n1cnnn1. The Morgan fingerprint density at radius 2 is 1.96 bits per heavy atom. The number of hydrogen-bond acceptors (Lipinski definition) is 6. The van der Waals surface area contributed by atoms with Crippen LogP contribution in [0.15, 0.2) is 60.9 Å². The van der Waals surface area contributed by atoms with Crippen LogP contribution in [0.3, 0.4) is 0 Å². The van der Waals surface area contributed by atoms with Crippen LogP contribution < -0.4 is 5.32 Å². The van der Waals surface area contributed by atoms with Crippen molar-refractivity contribution in [3.8, 4) is 0 Å². The molecule has 1 saturated heterocycles. The average Bonchev–Trinajstić information content (AvgIpc) is 3.41. The first kappa shape index (κ1) is 18.1. The molecular formula is C19H19N5OS2. The maximum Gasteiger partial charge on any atom is 0.249 e. The van der Waals surface area contributed by atoms with Crippen molar-refractivity contribution in [1.29, 1.82) is 0 Å². The van der Waals surface area contributed by atoms with Gasteiger partial charge in [0.25, 0.3) is 0 Å². The summed E-state index contributed by atoms with van der Waals surface area (Å²) in [5.74, 6) is 2.21. The zero-order chi connectivity index (χ0) is 18.5. The molecule has 0 bridgehead atoms. The van der Waals surface area contributed by atoms with E-state index in [-0.39, 0.29) is 5.91 Å². The van der Waals surface area contributed by atoms with E-state index in [1.807, 2.05) is 66.0 Å². The molecule has 1 aliphatic heterocycles. The lowest BCUT2D eigenvalue weighted by molar-refractivity contribution is -0.119. The number of aromatic nitrogens is 4. The van der Waals surface area contributed by atoms with E-state index in [0.29, 0.717) is 11.0 Å². The minimum Gasteiger partial charge on any atom is -0.324 e. The van der Waals surface area contributed by atoms with E-state index in [9.17, 15) is 4.79 Å². The zero-order valence-corrected chi connectivity index (χ0v) is 16.2. The van der Waals surface area contributed by atoms with Crippen LogP contribution in [0.25, 0.3) is 0 Å². The molecule has 6 nitrogen and oxygen atoms in total. The first-order valence-electron chi connectivity index (χ1n) is 8.70. The summed E-state index contributed by atoms with van der Waals surface area (Å²) in [5, 5.41) is 14.4. The molecule has 3 aromatic rings. The van der Waals surface area contributed by atoms with Crippen molar-refractivity contribution in [1.82, 2.24) is 20.2 Å². The van der Waals surface area contributed by atoms with Gasteiger partial charge in [-0.2, -0.15) is 0 Å². The summed E-state index contributed by atoms with van der Waals surface area (Å²) in [5.41, 5.74) is 3.10. The molecule has 4 rings (SSSR count). The first-order chi connectivity index (χ1) is 13.3. The molecule has 27 heavy (non-hydrogen) atoms. The highest BCUT2D eigenvalue weighted by atomic mass is 32.2. The van der Waals surface area contributed by atoms with Gasteiger partial charge in [-0.15, -0.1) is 28.6 Å². The van der Waals surface area contributed by atoms with E-state index in [4.69, 9.17) is 0 Å². The molecular weight excluding hydrogens is 378 g/mol. The number of tetrazole rings is 1. The monoisotopic (exact) mass is 397 g/mol. The van der Waals surface area contributed by atoms with Gasteiger partial charge in [0.05, 0.1) is 4.58 Å². The van der Waals surface area contributed by atoms with Gasteiger partial charge in [-0.05, 0) is 33.7 Å². The second-order valence-electron chi connectivity index (χ2n) is 6.18. The van der Waals surface area contributed by atoms with E-state index < -0.39 is 6.04 Å². The third kappa shape index (κ3) is 4.51. The van der Waals surface area contributed by atoms with Crippen molar-refractivity contribution in [3.05, 3.63) is 72.1 Å². The summed E-state index contributed by atoms with van der Waals surface area (Å²) < 4.78 is 1.95. The summed E-state index contributed by atoms with van der Waals surface area (Å²) in [6, 6.07) is 17.5. The van der Waals surface area contributed by atoms with E-state index in [1.165, 1.54) is 28.1 Å². The molecule has 1 N–H and O–H groups in total. The van der Waals surface area contributed by atoms with E-state index in [2.05, 4.69) is 33.0 Å². The van der Waals surface area contributed by atoms with Crippen LogP contribution in [0.4, 0.5) is 5.69 Å². The Balaban J connectivity index is 1.52. The number of carbonyl (C=O) groups excluding carboxylic acids is 1. The molecule has 1 unspecified atom stereocenters. The van der Waals surface area contributed by atoms with Crippen molar-refractivity contribution >= 4 is 35.1 Å². The Bertz CT molecular complexity index is 882. The van der Waals surface area contributed by atoms with Crippen LogP contribution in [0, 0.1) is 0 Å². The van der Waals surface area contributed by atoms with E-state index >= 15 is 0 Å². The predicted octanol–water partition coefficient (Wildman–Crippen LogP) is 3.57. The largest absolute Gasteiger partial charge is 0.324 e. The molecule has 1 fully saturated rings. The van der Waals surface area contributed by atoms with Gasteiger partial charge >= 0.3 is 0 Å². The molecule has 8 heteroatoms. The van der Waals surface area contributed by atoms with Gasteiger partial charge in [0.15, 0.2) is 0 Å². The van der Waals surface area contributed by atoms with Crippen molar-refractivity contribution in [2.45, 2.75) is 17.0 Å².